The standard InChI is InChI=1S/C43H88NO14P/c1-4-5-6-7-8-9-10-11-12-13-14-15-16-17-22-47-23-24-48-25-26-49-27-28-50-29-30-51-31-32-52-33-34-53-35-36-54-37-38-55-39-40-56-41-42-57-59(45,46)58-43-18-20-44(2,3)21-19-43/h43H,4-42H2,1-3H3/p+1. The van der Waals surface area contributed by atoms with Crippen LogP contribution >= 0.6 is 7.82 Å². The largest absolute Gasteiger partial charge is 0.472 e. The van der Waals surface area contributed by atoms with Crippen molar-refractivity contribution in [1.29, 1.82) is 0 Å². The summed E-state index contributed by atoms with van der Waals surface area (Å²) in [6.45, 7) is 14.0. The van der Waals surface area contributed by atoms with E-state index in [1.807, 2.05) is 0 Å². The lowest BCUT2D eigenvalue weighted by Gasteiger charge is -2.37. The van der Waals surface area contributed by atoms with E-state index in [0.717, 1.165) is 43.4 Å². The third-order valence-electron chi connectivity index (χ3n) is 9.87. The number of quaternary nitrogens is 1. The summed E-state index contributed by atoms with van der Waals surface area (Å²) in [6, 6.07) is 0. The van der Waals surface area contributed by atoms with Crippen molar-refractivity contribution in [1.82, 2.24) is 0 Å². The number of hydrogen-bond donors (Lipinski definition) is 1. The summed E-state index contributed by atoms with van der Waals surface area (Å²) in [7, 11) is 0.202. The highest BCUT2D eigenvalue weighted by Gasteiger charge is 2.33. The molecule has 0 spiro atoms. The zero-order valence-corrected chi connectivity index (χ0v) is 38.7. The van der Waals surface area contributed by atoms with Crippen LogP contribution in [0.4, 0.5) is 0 Å². The SMILES string of the molecule is CCCCCCCCCCCCCCCCOCCOCCOCCOCCOCCOCCOCCOCCOCCOCCOP(=O)(O)OC1CC[N+](C)(C)CC1. The van der Waals surface area contributed by atoms with E-state index in [1.165, 1.54) is 83.5 Å². The van der Waals surface area contributed by atoms with Crippen LogP contribution in [0.2, 0.25) is 0 Å². The molecule has 1 rings (SSSR count). The molecular weight excluding hydrogens is 785 g/mol. The summed E-state index contributed by atoms with van der Waals surface area (Å²) in [5.41, 5.74) is 0. The minimum absolute atomic E-state index is 0.0231. The van der Waals surface area contributed by atoms with Crippen LogP contribution < -0.4 is 0 Å². The van der Waals surface area contributed by atoms with Gasteiger partial charge in [0.05, 0.1) is 165 Å². The fourth-order valence-corrected chi connectivity index (χ4v) is 7.21. The van der Waals surface area contributed by atoms with Crippen molar-refractivity contribution in [2.75, 3.05) is 166 Å². The average molecular weight is 875 g/mol. The maximum Gasteiger partial charge on any atom is 0.472 e. The van der Waals surface area contributed by atoms with Crippen LogP contribution in [0.25, 0.3) is 0 Å². The molecule has 1 aliphatic heterocycles. The molecule has 1 N–H and O–H groups in total. The van der Waals surface area contributed by atoms with Gasteiger partial charge in [0.15, 0.2) is 0 Å². The van der Waals surface area contributed by atoms with Crippen LogP contribution in [0.3, 0.4) is 0 Å². The molecule has 0 aromatic heterocycles. The number of phosphoric ester groups is 1. The first-order valence-corrected chi connectivity index (χ1v) is 24.6. The molecule has 0 aliphatic carbocycles. The van der Waals surface area contributed by atoms with E-state index in [0.29, 0.717) is 119 Å². The van der Waals surface area contributed by atoms with Gasteiger partial charge in [-0.25, -0.2) is 4.57 Å². The third kappa shape index (κ3) is 42.7. The van der Waals surface area contributed by atoms with Gasteiger partial charge in [0.1, 0.15) is 0 Å². The summed E-state index contributed by atoms with van der Waals surface area (Å²) in [5.74, 6) is 0. The van der Waals surface area contributed by atoms with Crippen LogP contribution in [0.1, 0.15) is 110 Å². The minimum atomic E-state index is -4.08. The second kappa shape index (κ2) is 42.9. The highest BCUT2D eigenvalue weighted by Crippen LogP contribution is 2.46. The lowest BCUT2D eigenvalue weighted by Crippen LogP contribution is -2.47. The number of unbranched alkanes of at least 4 members (excludes halogenated alkanes) is 13. The van der Waals surface area contributed by atoms with Crippen molar-refractivity contribution in [3.63, 3.8) is 0 Å². The van der Waals surface area contributed by atoms with Gasteiger partial charge in [-0.1, -0.05) is 90.4 Å². The summed E-state index contributed by atoms with van der Waals surface area (Å²) in [5, 5.41) is 0. The number of ether oxygens (including phenoxy) is 10. The molecule has 59 heavy (non-hydrogen) atoms. The van der Waals surface area contributed by atoms with E-state index in [-0.39, 0.29) is 19.3 Å². The zero-order chi connectivity index (χ0) is 42.6. The van der Waals surface area contributed by atoms with E-state index >= 15 is 0 Å². The van der Waals surface area contributed by atoms with Crippen LogP contribution in [0.15, 0.2) is 0 Å². The van der Waals surface area contributed by atoms with Gasteiger partial charge in [0.2, 0.25) is 0 Å². The first-order chi connectivity index (χ1) is 28.8. The van der Waals surface area contributed by atoms with Gasteiger partial charge in [-0.15, -0.1) is 0 Å². The molecule has 1 heterocycles. The molecule has 16 heteroatoms. The number of nitrogens with zero attached hydrogens (tertiary/aromatic N) is 1. The smallest absolute Gasteiger partial charge is 0.379 e. The van der Waals surface area contributed by atoms with Crippen LogP contribution in [0.5, 0.6) is 0 Å². The summed E-state index contributed by atoms with van der Waals surface area (Å²) >= 11 is 0. The van der Waals surface area contributed by atoms with E-state index in [4.69, 9.17) is 56.4 Å². The molecule has 1 fully saturated rings. The van der Waals surface area contributed by atoms with Crippen molar-refractivity contribution in [3.8, 4) is 0 Å². The van der Waals surface area contributed by atoms with E-state index < -0.39 is 7.82 Å². The molecule has 1 unspecified atom stereocenters. The highest BCUT2D eigenvalue weighted by molar-refractivity contribution is 7.47. The minimum Gasteiger partial charge on any atom is -0.379 e. The Morgan fingerprint density at radius 3 is 0.966 bits per heavy atom. The number of piperidine rings is 1. The van der Waals surface area contributed by atoms with Gasteiger partial charge in [-0.2, -0.15) is 0 Å². The van der Waals surface area contributed by atoms with Crippen LogP contribution in [-0.2, 0) is 61.0 Å². The fourth-order valence-electron chi connectivity index (χ4n) is 6.26. The first kappa shape index (κ1) is 56.7. The molecule has 15 nitrogen and oxygen atoms in total. The van der Waals surface area contributed by atoms with Gasteiger partial charge in [-0.3, -0.25) is 9.05 Å². The fraction of sp³-hybridized carbons (Fsp3) is 1.00. The summed E-state index contributed by atoms with van der Waals surface area (Å²) in [6.07, 6.45) is 20.4. The molecule has 1 aliphatic rings. The highest BCUT2D eigenvalue weighted by atomic mass is 31.2. The van der Waals surface area contributed by atoms with Crippen molar-refractivity contribution < 1.29 is 70.4 Å². The zero-order valence-electron chi connectivity index (χ0n) is 37.8. The molecular formula is C43H89NO14P+. The van der Waals surface area contributed by atoms with Crippen molar-refractivity contribution >= 4 is 7.82 Å². The normalized spacial score (nSPS) is 15.6. The Morgan fingerprint density at radius 2 is 0.661 bits per heavy atom. The number of likely N-dealkylation sites (tertiary alicyclic amines) is 1. The molecule has 0 radical (unpaired) electrons. The second-order valence-corrected chi connectivity index (χ2v) is 17.1. The maximum atomic E-state index is 12.1. The summed E-state index contributed by atoms with van der Waals surface area (Å²) in [4.78, 5) is 9.92. The third-order valence-corrected chi connectivity index (χ3v) is 10.9. The first-order valence-electron chi connectivity index (χ1n) is 23.1. The topological polar surface area (TPSA) is 148 Å². The van der Waals surface area contributed by atoms with E-state index in [9.17, 15) is 9.46 Å². The Labute approximate surface area is 359 Å². The Morgan fingerprint density at radius 1 is 0.407 bits per heavy atom. The van der Waals surface area contributed by atoms with Gasteiger partial charge in [0, 0.05) is 19.4 Å². The molecule has 354 valence electrons. The van der Waals surface area contributed by atoms with Crippen molar-refractivity contribution in [2.24, 2.45) is 0 Å². The quantitative estimate of drug-likeness (QED) is 0.0380. The summed E-state index contributed by atoms with van der Waals surface area (Å²) < 4.78 is 78.6. The number of rotatable bonds is 48. The Balaban J connectivity index is 1.64. The molecule has 0 aromatic rings. The van der Waals surface area contributed by atoms with Crippen LogP contribution in [-0.4, -0.2) is 181 Å². The molecule has 1 saturated heterocycles. The Hall–Kier alpha value is -0.330. The average Bonchev–Trinajstić information content (AvgIpc) is 3.21. The van der Waals surface area contributed by atoms with E-state index in [2.05, 4.69) is 21.0 Å². The maximum absolute atomic E-state index is 12.1. The Kier molecular flexibility index (Phi) is 41.3. The van der Waals surface area contributed by atoms with Gasteiger partial charge >= 0.3 is 7.82 Å². The van der Waals surface area contributed by atoms with Gasteiger partial charge < -0.3 is 56.7 Å². The van der Waals surface area contributed by atoms with Gasteiger partial charge in [-0.05, 0) is 6.42 Å². The Bertz CT molecular complexity index is 899. The van der Waals surface area contributed by atoms with E-state index in [1.54, 1.807) is 0 Å². The predicted octanol–water partition coefficient (Wildman–Crippen LogP) is 7.01. The molecule has 0 aromatic carbocycles. The van der Waals surface area contributed by atoms with Crippen LogP contribution in [0, 0.1) is 0 Å². The molecule has 0 amide bonds. The van der Waals surface area contributed by atoms with Crippen molar-refractivity contribution in [2.45, 2.75) is 116 Å². The lowest BCUT2D eigenvalue weighted by molar-refractivity contribution is -0.896. The van der Waals surface area contributed by atoms with Gasteiger partial charge in [0.25, 0.3) is 0 Å². The predicted molar refractivity (Wildman–Crippen MR) is 230 cm³/mol. The van der Waals surface area contributed by atoms with Crippen molar-refractivity contribution in [3.05, 3.63) is 0 Å². The lowest BCUT2D eigenvalue weighted by atomic mass is 10.0. The second-order valence-electron chi connectivity index (χ2n) is 15.7. The molecule has 0 saturated carbocycles. The molecule has 1 atom stereocenters. The number of hydrogen-bond acceptors (Lipinski definition) is 13. The number of phosphoric acid groups is 1. The molecule has 0 bridgehead atoms. The monoisotopic (exact) mass is 875 g/mol.